The summed E-state index contributed by atoms with van der Waals surface area (Å²) in [5.41, 5.74) is 4.91. The molecule has 41 heavy (non-hydrogen) atoms. The van der Waals surface area contributed by atoms with E-state index in [0.29, 0.717) is 11.8 Å². The Morgan fingerprint density at radius 3 is 2.32 bits per heavy atom. The van der Waals surface area contributed by atoms with Crippen LogP contribution in [-0.4, -0.2) is 53.5 Å². The number of aryl methyl sites for hydroxylation is 4. The van der Waals surface area contributed by atoms with Gasteiger partial charge in [0.05, 0.1) is 34.8 Å². The molecule has 0 spiro atoms. The van der Waals surface area contributed by atoms with Crippen LogP contribution >= 0.6 is 11.3 Å². The van der Waals surface area contributed by atoms with Gasteiger partial charge in [0.15, 0.2) is 17.3 Å². The molecule has 2 saturated heterocycles. The molecule has 0 saturated carbocycles. The molecule has 0 amide bonds. The number of fused-ring (bicyclic) bond motifs is 1. The van der Waals surface area contributed by atoms with Gasteiger partial charge in [0.2, 0.25) is 0 Å². The highest BCUT2D eigenvalue weighted by molar-refractivity contribution is 7.17. The van der Waals surface area contributed by atoms with Crippen molar-refractivity contribution >= 4 is 21.6 Å². The summed E-state index contributed by atoms with van der Waals surface area (Å²) < 4.78 is 18.8. The summed E-state index contributed by atoms with van der Waals surface area (Å²) in [6.45, 7) is 9.00. The second kappa shape index (κ2) is 13.4. The number of imidazole rings is 1. The lowest BCUT2D eigenvalue weighted by molar-refractivity contribution is 0.185. The first-order valence-electron chi connectivity index (χ1n) is 15.6. The van der Waals surface area contributed by atoms with Gasteiger partial charge in [0.1, 0.15) is 0 Å². The normalized spacial score (nSPS) is 16.9. The zero-order valence-corrected chi connectivity index (χ0v) is 25.5. The number of hydrogen-bond donors (Lipinski definition) is 2. The highest BCUT2D eigenvalue weighted by Crippen LogP contribution is 2.33. The maximum Gasteiger partial charge on any atom is 0.161 e. The van der Waals surface area contributed by atoms with Gasteiger partial charge in [-0.05, 0) is 118 Å². The standard InChI is InChI=1S/C33H45N5O2S/c1-3-27-21-38(33(36-27)29-20-32-28(37(29)2)12-18-41-32)17-4-5-24-6-7-30(39-22-25-8-13-34-14-9-25)31(19-24)40-23-26-10-15-35-16-11-26/h6-7,12,18-21,25-26,34-35H,3-5,8-11,13-17,22-23H2,1-2H3. The lowest BCUT2D eigenvalue weighted by Crippen LogP contribution is -2.31. The maximum atomic E-state index is 6.47. The molecule has 2 aliphatic rings. The average Bonchev–Trinajstić information content (AvgIpc) is 3.72. The largest absolute Gasteiger partial charge is 0.489 e. The number of rotatable bonds is 12. The van der Waals surface area contributed by atoms with Crippen molar-refractivity contribution in [3.63, 3.8) is 0 Å². The van der Waals surface area contributed by atoms with E-state index in [-0.39, 0.29) is 0 Å². The van der Waals surface area contributed by atoms with Crippen LogP contribution in [0.5, 0.6) is 11.5 Å². The van der Waals surface area contributed by atoms with Crippen LogP contribution in [0.4, 0.5) is 0 Å². The van der Waals surface area contributed by atoms with Crippen molar-refractivity contribution in [2.75, 3.05) is 39.4 Å². The third kappa shape index (κ3) is 6.82. The Morgan fingerprint density at radius 2 is 1.63 bits per heavy atom. The fraction of sp³-hybridized carbons (Fsp3) is 0.545. The third-order valence-electron chi connectivity index (χ3n) is 8.82. The molecule has 0 bridgehead atoms. The highest BCUT2D eigenvalue weighted by atomic mass is 32.1. The van der Waals surface area contributed by atoms with E-state index in [4.69, 9.17) is 14.5 Å². The monoisotopic (exact) mass is 575 g/mol. The Balaban J connectivity index is 1.13. The van der Waals surface area contributed by atoms with Crippen molar-refractivity contribution in [3.8, 4) is 23.0 Å². The van der Waals surface area contributed by atoms with Crippen LogP contribution < -0.4 is 20.1 Å². The summed E-state index contributed by atoms with van der Waals surface area (Å²) in [4.78, 5) is 5.02. The van der Waals surface area contributed by atoms with E-state index in [1.807, 2.05) is 0 Å². The van der Waals surface area contributed by atoms with E-state index in [2.05, 4.69) is 75.6 Å². The summed E-state index contributed by atoms with van der Waals surface area (Å²) in [6, 6.07) is 11.1. The first kappa shape index (κ1) is 28.3. The molecule has 7 nitrogen and oxygen atoms in total. The van der Waals surface area contributed by atoms with Crippen LogP contribution in [0.25, 0.3) is 21.7 Å². The first-order chi connectivity index (χ1) is 20.2. The van der Waals surface area contributed by atoms with E-state index in [9.17, 15) is 0 Å². The molecule has 0 unspecified atom stereocenters. The second-order valence-electron chi connectivity index (χ2n) is 11.8. The van der Waals surface area contributed by atoms with Gasteiger partial charge in [-0.25, -0.2) is 4.98 Å². The maximum absolute atomic E-state index is 6.47. The lowest BCUT2D eigenvalue weighted by Gasteiger charge is -2.25. The Labute approximate surface area is 248 Å². The number of ether oxygens (including phenoxy) is 2. The van der Waals surface area contributed by atoms with Crippen LogP contribution in [0.3, 0.4) is 0 Å². The molecule has 220 valence electrons. The third-order valence-corrected chi connectivity index (χ3v) is 9.67. The number of nitrogens with zero attached hydrogens (tertiary/aromatic N) is 3. The van der Waals surface area contributed by atoms with Crippen molar-refractivity contribution in [1.29, 1.82) is 0 Å². The molecule has 4 aromatic rings. The van der Waals surface area contributed by atoms with Crippen LogP contribution in [-0.2, 0) is 26.4 Å². The number of piperidine rings is 2. The van der Waals surface area contributed by atoms with Gasteiger partial charge >= 0.3 is 0 Å². The molecule has 0 radical (unpaired) electrons. The van der Waals surface area contributed by atoms with Crippen molar-refractivity contribution < 1.29 is 9.47 Å². The molecule has 8 heteroatoms. The van der Waals surface area contributed by atoms with Gasteiger partial charge in [-0.3, -0.25) is 0 Å². The van der Waals surface area contributed by atoms with Gasteiger partial charge < -0.3 is 29.2 Å². The number of thiophene rings is 1. The number of benzene rings is 1. The van der Waals surface area contributed by atoms with E-state index < -0.39 is 0 Å². The fourth-order valence-corrected chi connectivity index (χ4v) is 7.03. The van der Waals surface area contributed by atoms with E-state index >= 15 is 0 Å². The lowest BCUT2D eigenvalue weighted by atomic mass is 9.99. The highest BCUT2D eigenvalue weighted by Gasteiger charge is 2.19. The Morgan fingerprint density at radius 1 is 0.927 bits per heavy atom. The number of nitrogens with one attached hydrogen (secondary N) is 2. The first-order valence-corrected chi connectivity index (χ1v) is 16.4. The van der Waals surface area contributed by atoms with Gasteiger partial charge in [-0.1, -0.05) is 13.0 Å². The van der Waals surface area contributed by atoms with E-state index in [1.165, 1.54) is 47.2 Å². The summed E-state index contributed by atoms with van der Waals surface area (Å²) in [6.07, 6.45) is 9.92. The van der Waals surface area contributed by atoms with Crippen molar-refractivity contribution in [3.05, 3.63) is 53.2 Å². The molecule has 0 aliphatic carbocycles. The van der Waals surface area contributed by atoms with Crippen molar-refractivity contribution in [2.45, 2.75) is 58.4 Å². The molecular weight excluding hydrogens is 530 g/mol. The summed E-state index contributed by atoms with van der Waals surface area (Å²) >= 11 is 1.79. The van der Waals surface area contributed by atoms with Gasteiger partial charge in [0.25, 0.3) is 0 Å². The molecule has 0 atom stereocenters. The zero-order valence-electron chi connectivity index (χ0n) is 24.7. The summed E-state index contributed by atoms with van der Waals surface area (Å²) in [7, 11) is 2.15. The van der Waals surface area contributed by atoms with Crippen LogP contribution in [0.2, 0.25) is 0 Å². The minimum absolute atomic E-state index is 0.609. The molecule has 3 aromatic heterocycles. The predicted molar refractivity (Wildman–Crippen MR) is 168 cm³/mol. The quantitative estimate of drug-likeness (QED) is 0.215. The predicted octanol–water partition coefficient (Wildman–Crippen LogP) is 6.06. The molecule has 6 rings (SSSR count). The smallest absolute Gasteiger partial charge is 0.161 e. The minimum atomic E-state index is 0.609. The molecule has 2 fully saturated rings. The molecule has 2 aliphatic heterocycles. The van der Waals surface area contributed by atoms with Crippen LogP contribution in [0, 0.1) is 11.8 Å². The average molecular weight is 576 g/mol. The summed E-state index contributed by atoms with van der Waals surface area (Å²) in [5.74, 6) is 4.10. The second-order valence-corrected chi connectivity index (χ2v) is 12.7. The topological polar surface area (TPSA) is 65.3 Å². The zero-order chi connectivity index (χ0) is 28.0. The molecule has 1 aromatic carbocycles. The van der Waals surface area contributed by atoms with Gasteiger partial charge in [0, 0.05) is 19.8 Å². The van der Waals surface area contributed by atoms with Crippen molar-refractivity contribution in [1.82, 2.24) is 24.8 Å². The number of hydrogen-bond acceptors (Lipinski definition) is 6. The van der Waals surface area contributed by atoms with Gasteiger partial charge in [-0.2, -0.15) is 0 Å². The van der Waals surface area contributed by atoms with E-state index in [1.54, 1.807) is 11.3 Å². The number of aromatic nitrogens is 3. The van der Waals surface area contributed by atoms with E-state index in [0.717, 1.165) is 88.2 Å². The van der Waals surface area contributed by atoms with Crippen LogP contribution in [0.1, 0.15) is 50.3 Å². The van der Waals surface area contributed by atoms with Crippen molar-refractivity contribution in [2.24, 2.45) is 18.9 Å². The molecular formula is C33H45N5O2S. The SMILES string of the molecule is CCc1cn(CCCc2ccc(OCC3CCNCC3)c(OCC3CCNCC3)c2)c(-c2cc3sccc3n2C)n1. The Bertz CT molecular complexity index is 1410. The molecule has 2 N–H and O–H groups in total. The Kier molecular flexibility index (Phi) is 9.29. The van der Waals surface area contributed by atoms with Gasteiger partial charge in [-0.15, -0.1) is 11.3 Å². The van der Waals surface area contributed by atoms with Crippen LogP contribution in [0.15, 0.2) is 41.9 Å². The summed E-state index contributed by atoms with van der Waals surface area (Å²) in [5, 5.41) is 9.07. The molecule has 5 heterocycles. The fourth-order valence-electron chi connectivity index (χ4n) is 6.19. The Hall–Kier alpha value is -2.81. The minimum Gasteiger partial charge on any atom is -0.489 e.